The molecule has 7 nitrogen and oxygen atoms in total. The molecular formula is C17H25NO6. The average molecular weight is 339 g/mol. The van der Waals surface area contributed by atoms with Crippen molar-refractivity contribution in [1.82, 2.24) is 5.06 Å². The lowest BCUT2D eigenvalue weighted by atomic mass is 9.86. The fraction of sp³-hybridized carbons (Fsp3) is 0.765. The molecular weight excluding hydrogens is 314 g/mol. The molecule has 2 saturated heterocycles. The maximum atomic E-state index is 12.4. The molecule has 7 heteroatoms. The highest BCUT2D eigenvalue weighted by Crippen LogP contribution is 2.40. The summed E-state index contributed by atoms with van der Waals surface area (Å²) in [5, 5.41) is 1.21. The molecule has 0 aromatic rings. The lowest BCUT2D eigenvalue weighted by Crippen LogP contribution is -2.47. The van der Waals surface area contributed by atoms with Crippen LogP contribution in [-0.4, -0.2) is 54.2 Å². The Morgan fingerprint density at radius 2 is 2.08 bits per heavy atom. The van der Waals surface area contributed by atoms with Crippen molar-refractivity contribution in [1.29, 1.82) is 0 Å². The van der Waals surface area contributed by atoms with Gasteiger partial charge in [0.15, 0.2) is 11.6 Å². The normalized spacial score (nSPS) is 32.5. The summed E-state index contributed by atoms with van der Waals surface area (Å²) in [5.74, 6) is -1.16. The van der Waals surface area contributed by atoms with Gasteiger partial charge in [0.2, 0.25) is 0 Å². The van der Waals surface area contributed by atoms with E-state index in [2.05, 4.69) is 0 Å². The number of carbonyl (C=O) groups is 2. The van der Waals surface area contributed by atoms with E-state index in [4.69, 9.17) is 19.0 Å². The Morgan fingerprint density at radius 1 is 1.38 bits per heavy atom. The molecule has 0 bridgehead atoms. The summed E-state index contributed by atoms with van der Waals surface area (Å²) in [6.45, 7) is 9.92. The van der Waals surface area contributed by atoms with E-state index in [9.17, 15) is 9.59 Å². The Labute approximate surface area is 141 Å². The summed E-state index contributed by atoms with van der Waals surface area (Å²) in [4.78, 5) is 30.1. The van der Waals surface area contributed by atoms with Crippen molar-refractivity contribution in [3.63, 3.8) is 0 Å². The standard InChI is InChI=1S/C17H25NO6/c1-16(2,3)24-15(20)18-7-11-10(8-22-18)6-12(19)14(11)13-9-21-17(4,5)23-13/h6,11,13-14H,7-9H2,1-5H3/t11-,13-,14-/m1/s1. The molecule has 0 unspecified atom stereocenters. The van der Waals surface area contributed by atoms with Crippen LogP contribution in [0.4, 0.5) is 4.79 Å². The first-order valence-corrected chi connectivity index (χ1v) is 8.25. The first kappa shape index (κ1) is 17.4. The van der Waals surface area contributed by atoms with E-state index in [1.165, 1.54) is 5.06 Å². The van der Waals surface area contributed by atoms with E-state index in [0.717, 1.165) is 5.57 Å². The Morgan fingerprint density at radius 3 is 2.67 bits per heavy atom. The highest BCUT2D eigenvalue weighted by atomic mass is 16.7. The molecule has 134 valence electrons. The highest BCUT2D eigenvalue weighted by Gasteiger charge is 2.49. The molecule has 0 spiro atoms. The van der Waals surface area contributed by atoms with Crippen LogP contribution >= 0.6 is 0 Å². The van der Waals surface area contributed by atoms with E-state index in [0.29, 0.717) is 6.61 Å². The molecule has 3 atom stereocenters. The third kappa shape index (κ3) is 3.48. The van der Waals surface area contributed by atoms with Crippen LogP contribution in [0.2, 0.25) is 0 Å². The number of hydrogen-bond donors (Lipinski definition) is 0. The third-order valence-electron chi connectivity index (χ3n) is 4.34. The van der Waals surface area contributed by atoms with Crippen LogP contribution in [0.1, 0.15) is 34.6 Å². The summed E-state index contributed by atoms with van der Waals surface area (Å²) in [7, 11) is 0. The lowest BCUT2D eigenvalue weighted by molar-refractivity contribution is -0.173. The summed E-state index contributed by atoms with van der Waals surface area (Å²) in [6, 6.07) is 0. The number of nitrogens with zero attached hydrogens (tertiary/aromatic N) is 1. The number of ketones is 1. The van der Waals surface area contributed by atoms with Crippen molar-refractivity contribution in [2.45, 2.75) is 52.1 Å². The summed E-state index contributed by atoms with van der Waals surface area (Å²) >= 11 is 0. The fourth-order valence-corrected chi connectivity index (χ4v) is 3.35. The van der Waals surface area contributed by atoms with Crippen LogP contribution in [0.5, 0.6) is 0 Å². The zero-order valence-corrected chi connectivity index (χ0v) is 14.8. The Hall–Kier alpha value is -1.44. The molecule has 2 fully saturated rings. The summed E-state index contributed by atoms with van der Waals surface area (Å²) in [6.07, 6.45) is 0.768. The molecule has 2 heterocycles. The number of ether oxygens (including phenoxy) is 3. The molecule has 3 rings (SSSR count). The highest BCUT2D eigenvalue weighted by molar-refractivity contribution is 5.96. The Kier molecular flexibility index (Phi) is 4.22. The van der Waals surface area contributed by atoms with E-state index >= 15 is 0 Å². The second kappa shape index (κ2) is 5.82. The molecule has 1 amide bonds. The lowest BCUT2D eigenvalue weighted by Gasteiger charge is -2.36. The van der Waals surface area contributed by atoms with Crippen LogP contribution in [0.15, 0.2) is 11.6 Å². The zero-order chi connectivity index (χ0) is 17.7. The number of carbonyl (C=O) groups excluding carboxylic acids is 2. The van der Waals surface area contributed by atoms with Crippen molar-refractivity contribution >= 4 is 11.9 Å². The topological polar surface area (TPSA) is 74.3 Å². The molecule has 1 aliphatic carbocycles. The van der Waals surface area contributed by atoms with Gasteiger partial charge in [-0.3, -0.25) is 9.63 Å². The van der Waals surface area contributed by atoms with Gasteiger partial charge in [0.25, 0.3) is 0 Å². The number of rotatable bonds is 1. The van der Waals surface area contributed by atoms with Gasteiger partial charge in [-0.1, -0.05) is 0 Å². The van der Waals surface area contributed by atoms with Gasteiger partial charge in [-0.15, -0.1) is 0 Å². The van der Waals surface area contributed by atoms with E-state index < -0.39 is 17.5 Å². The zero-order valence-electron chi connectivity index (χ0n) is 14.8. The molecule has 24 heavy (non-hydrogen) atoms. The van der Waals surface area contributed by atoms with Gasteiger partial charge in [-0.25, -0.2) is 4.79 Å². The van der Waals surface area contributed by atoms with Gasteiger partial charge in [0.05, 0.1) is 31.8 Å². The van der Waals surface area contributed by atoms with Crippen molar-refractivity contribution < 1.29 is 28.6 Å². The molecule has 2 aliphatic heterocycles. The number of hydroxylamine groups is 2. The minimum atomic E-state index is -0.691. The monoisotopic (exact) mass is 339 g/mol. The first-order chi connectivity index (χ1) is 11.1. The molecule has 0 N–H and O–H groups in total. The first-order valence-electron chi connectivity index (χ1n) is 8.25. The van der Waals surface area contributed by atoms with Crippen molar-refractivity contribution in [3.8, 4) is 0 Å². The van der Waals surface area contributed by atoms with Gasteiger partial charge >= 0.3 is 6.09 Å². The largest absolute Gasteiger partial charge is 0.442 e. The SMILES string of the molecule is CC(C)(C)OC(=O)N1C[C@@H]2C(=CC(=O)[C@@H]2[C@H]2COC(C)(C)O2)CO1. The molecule has 3 aliphatic rings. The Bertz CT molecular complexity index is 576. The fourth-order valence-electron chi connectivity index (χ4n) is 3.35. The van der Waals surface area contributed by atoms with Gasteiger partial charge in [-0.05, 0) is 46.3 Å². The van der Waals surface area contributed by atoms with Crippen LogP contribution in [0.3, 0.4) is 0 Å². The number of hydrogen-bond acceptors (Lipinski definition) is 6. The number of amides is 1. The Balaban J connectivity index is 1.71. The molecule has 0 aromatic carbocycles. The summed E-state index contributed by atoms with van der Waals surface area (Å²) < 4.78 is 16.8. The van der Waals surface area contributed by atoms with Crippen molar-refractivity contribution in [3.05, 3.63) is 11.6 Å². The van der Waals surface area contributed by atoms with E-state index in [-0.39, 0.29) is 36.9 Å². The third-order valence-corrected chi connectivity index (χ3v) is 4.34. The van der Waals surface area contributed by atoms with Gasteiger partial charge in [0, 0.05) is 5.92 Å². The predicted molar refractivity (Wildman–Crippen MR) is 83.9 cm³/mol. The van der Waals surface area contributed by atoms with Crippen LogP contribution in [0, 0.1) is 11.8 Å². The molecule has 0 saturated carbocycles. The molecule has 0 aromatic heterocycles. The number of fused-ring (bicyclic) bond motifs is 1. The average Bonchev–Trinajstić information content (AvgIpc) is 2.94. The van der Waals surface area contributed by atoms with Crippen LogP contribution in [0.25, 0.3) is 0 Å². The quantitative estimate of drug-likeness (QED) is 0.728. The minimum Gasteiger partial charge on any atom is -0.442 e. The van der Waals surface area contributed by atoms with E-state index in [1.807, 2.05) is 13.8 Å². The van der Waals surface area contributed by atoms with E-state index in [1.54, 1.807) is 26.8 Å². The molecule has 0 radical (unpaired) electrons. The minimum absolute atomic E-state index is 0.0101. The van der Waals surface area contributed by atoms with Crippen molar-refractivity contribution in [2.24, 2.45) is 11.8 Å². The predicted octanol–water partition coefficient (Wildman–Crippen LogP) is 2.06. The van der Waals surface area contributed by atoms with Crippen LogP contribution in [-0.2, 0) is 23.8 Å². The van der Waals surface area contributed by atoms with Crippen LogP contribution < -0.4 is 0 Å². The van der Waals surface area contributed by atoms with Gasteiger partial charge < -0.3 is 14.2 Å². The smallest absolute Gasteiger partial charge is 0.434 e. The van der Waals surface area contributed by atoms with Gasteiger partial charge in [0.1, 0.15) is 5.60 Å². The van der Waals surface area contributed by atoms with Crippen molar-refractivity contribution in [2.75, 3.05) is 19.8 Å². The number of allylic oxidation sites excluding steroid dienone is 1. The maximum Gasteiger partial charge on any atom is 0.434 e. The summed E-state index contributed by atoms with van der Waals surface area (Å²) in [5.41, 5.74) is 0.298. The second-order valence-corrected chi connectivity index (χ2v) is 7.94. The van der Waals surface area contributed by atoms with Gasteiger partial charge in [-0.2, -0.15) is 5.06 Å². The second-order valence-electron chi connectivity index (χ2n) is 7.94. The maximum absolute atomic E-state index is 12.4.